The van der Waals surface area contributed by atoms with Crippen molar-refractivity contribution in [2.45, 2.75) is 26.2 Å². The normalized spacial score (nSPS) is 17.6. The number of nitrogens with one attached hydrogen (secondary N) is 1. The zero-order valence-electron chi connectivity index (χ0n) is 7.51. The van der Waals surface area contributed by atoms with Crippen molar-refractivity contribution >= 4 is 6.09 Å². The number of hydroxylamine groups is 1. The molecule has 1 aliphatic rings. The standard InChI is InChI=1S/C8H16N2O2/c1-2-9-12-8(11)10-6-4-3-5-7-10/h9H,2-7H2,1H3. The van der Waals surface area contributed by atoms with Crippen molar-refractivity contribution in [2.75, 3.05) is 19.6 Å². The maximum atomic E-state index is 11.2. The average molecular weight is 172 g/mol. The maximum Gasteiger partial charge on any atom is 0.428 e. The summed E-state index contributed by atoms with van der Waals surface area (Å²) in [7, 11) is 0. The van der Waals surface area contributed by atoms with Gasteiger partial charge in [0.25, 0.3) is 0 Å². The van der Waals surface area contributed by atoms with Crippen molar-refractivity contribution in [3.63, 3.8) is 0 Å². The second-order valence-corrected chi connectivity index (χ2v) is 2.91. The van der Waals surface area contributed by atoms with Crippen LogP contribution in [0.15, 0.2) is 0 Å². The molecule has 4 nitrogen and oxygen atoms in total. The van der Waals surface area contributed by atoms with Gasteiger partial charge in [0.2, 0.25) is 0 Å². The minimum atomic E-state index is -0.239. The Labute approximate surface area is 72.8 Å². The van der Waals surface area contributed by atoms with Crippen LogP contribution in [0.1, 0.15) is 26.2 Å². The maximum absolute atomic E-state index is 11.2. The molecule has 1 heterocycles. The molecule has 1 N–H and O–H groups in total. The Bertz CT molecular complexity index is 144. The van der Waals surface area contributed by atoms with Gasteiger partial charge in [0.1, 0.15) is 0 Å². The lowest BCUT2D eigenvalue weighted by molar-refractivity contribution is 0.0524. The van der Waals surface area contributed by atoms with Crippen LogP contribution in [-0.4, -0.2) is 30.6 Å². The van der Waals surface area contributed by atoms with Gasteiger partial charge >= 0.3 is 6.09 Å². The van der Waals surface area contributed by atoms with E-state index in [0.717, 1.165) is 25.9 Å². The molecule has 1 aliphatic heterocycles. The molecule has 1 saturated heterocycles. The number of nitrogens with zero attached hydrogens (tertiary/aromatic N) is 1. The molecule has 0 spiro atoms. The van der Waals surface area contributed by atoms with Crippen molar-refractivity contribution in [3.8, 4) is 0 Å². The van der Waals surface area contributed by atoms with E-state index in [1.165, 1.54) is 6.42 Å². The van der Waals surface area contributed by atoms with Gasteiger partial charge < -0.3 is 9.74 Å². The fourth-order valence-corrected chi connectivity index (χ4v) is 1.27. The first-order valence-electron chi connectivity index (χ1n) is 4.53. The molecule has 1 fully saturated rings. The highest BCUT2D eigenvalue weighted by Gasteiger charge is 2.17. The molecule has 1 amide bonds. The van der Waals surface area contributed by atoms with Crippen molar-refractivity contribution < 1.29 is 9.63 Å². The third-order valence-corrected chi connectivity index (χ3v) is 1.92. The summed E-state index contributed by atoms with van der Waals surface area (Å²) in [6.07, 6.45) is 3.18. The Balaban J connectivity index is 2.20. The van der Waals surface area contributed by atoms with Crippen LogP contribution in [0.2, 0.25) is 0 Å². The number of carbonyl (C=O) groups excluding carboxylic acids is 1. The molecule has 0 bridgehead atoms. The fraction of sp³-hybridized carbons (Fsp3) is 0.875. The molecule has 0 atom stereocenters. The third-order valence-electron chi connectivity index (χ3n) is 1.92. The predicted octanol–water partition coefficient (Wildman–Crippen LogP) is 1.13. The lowest BCUT2D eigenvalue weighted by Gasteiger charge is -2.25. The van der Waals surface area contributed by atoms with Crippen molar-refractivity contribution in [1.29, 1.82) is 0 Å². The summed E-state index contributed by atoms with van der Waals surface area (Å²) in [5, 5.41) is 0. The predicted molar refractivity (Wildman–Crippen MR) is 45.6 cm³/mol. The van der Waals surface area contributed by atoms with Crippen LogP contribution < -0.4 is 5.48 Å². The minimum Gasteiger partial charge on any atom is -0.354 e. The highest BCUT2D eigenvalue weighted by atomic mass is 16.7. The van der Waals surface area contributed by atoms with Crippen molar-refractivity contribution in [2.24, 2.45) is 0 Å². The minimum absolute atomic E-state index is 0.239. The first-order chi connectivity index (χ1) is 5.84. The fourth-order valence-electron chi connectivity index (χ4n) is 1.27. The van der Waals surface area contributed by atoms with Crippen LogP contribution in [0.3, 0.4) is 0 Å². The van der Waals surface area contributed by atoms with Crippen LogP contribution >= 0.6 is 0 Å². The lowest BCUT2D eigenvalue weighted by Crippen LogP contribution is -2.38. The van der Waals surface area contributed by atoms with E-state index in [-0.39, 0.29) is 6.09 Å². The summed E-state index contributed by atoms with van der Waals surface area (Å²) in [6, 6.07) is 0. The summed E-state index contributed by atoms with van der Waals surface area (Å²) < 4.78 is 0. The first-order valence-corrected chi connectivity index (χ1v) is 4.53. The Morgan fingerprint density at radius 3 is 2.67 bits per heavy atom. The Morgan fingerprint density at radius 2 is 2.08 bits per heavy atom. The Morgan fingerprint density at radius 1 is 1.42 bits per heavy atom. The number of carbonyl (C=O) groups is 1. The van der Waals surface area contributed by atoms with Crippen molar-refractivity contribution in [1.82, 2.24) is 10.4 Å². The van der Waals surface area contributed by atoms with E-state index in [4.69, 9.17) is 4.84 Å². The summed E-state index contributed by atoms with van der Waals surface area (Å²) in [4.78, 5) is 17.7. The number of rotatable bonds is 2. The molecule has 0 aliphatic carbocycles. The van der Waals surface area contributed by atoms with Crippen LogP contribution in [0.4, 0.5) is 4.79 Å². The quantitative estimate of drug-likeness (QED) is 0.635. The van der Waals surface area contributed by atoms with Gasteiger partial charge in [0, 0.05) is 19.6 Å². The second-order valence-electron chi connectivity index (χ2n) is 2.91. The largest absolute Gasteiger partial charge is 0.428 e. The zero-order chi connectivity index (χ0) is 8.81. The number of hydrogen-bond acceptors (Lipinski definition) is 3. The van der Waals surface area contributed by atoms with Gasteiger partial charge in [-0.25, -0.2) is 4.79 Å². The summed E-state index contributed by atoms with van der Waals surface area (Å²) in [5.41, 5.74) is 2.55. The molecule has 0 radical (unpaired) electrons. The van der Waals surface area contributed by atoms with Crippen molar-refractivity contribution in [3.05, 3.63) is 0 Å². The van der Waals surface area contributed by atoms with Gasteiger partial charge in [-0.15, -0.1) is 0 Å². The highest BCUT2D eigenvalue weighted by molar-refractivity contribution is 5.67. The zero-order valence-corrected chi connectivity index (χ0v) is 7.51. The molecular weight excluding hydrogens is 156 g/mol. The van der Waals surface area contributed by atoms with E-state index in [2.05, 4.69) is 5.48 Å². The third kappa shape index (κ3) is 2.70. The van der Waals surface area contributed by atoms with Crippen LogP contribution in [0.5, 0.6) is 0 Å². The molecule has 4 heteroatoms. The molecule has 70 valence electrons. The van der Waals surface area contributed by atoms with E-state index in [1.807, 2.05) is 6.92 Å². The molecule has 0 aromatic heterocycles. The SMILES string of the molecule is CCNOC(=O)N1CCCCC1. The lowest BCUT2D eigenvalue weighted by atomic mass is 10.1. The first kappa shape index (κ1) is 9.32. The molecule has 0 unspecified atom stereocenters. The van der Waals surface area contributed by atoms with Gasteiger partial charge in [0.15, 0.2) is 0 Å². The van der Waals surface area contributed by atoms with Gasteiger partial charge in [0.05, 0.1) is 0 Å². The van der Waals surface area contributed by atoms with E-state index in [0.29, 0.717) is 6.54 Å². The summed E-state index contributed by atoms with van der Waals surface area (Å²) in [5.74, 6) is 0. The number of amides is 1. The second kappa shape index (κ2) is 4.98. The van der Waals surface area contributed by atoms with Crippen LogP contribution in [0.25, 0.3) is 0 Å². The monoisotopic (exact) mass is 172 g/mol. The Hall–Kier alpha value is -0.770. The molecule has 0 aromatic rings. The molecular formula is C8H16N2O2. The molecule has 0 aromatic carbocycles. The van der Waals surface area contributed by atoms with E-state index < -0.39 is 0 Å². The van der Waals surface area contributed by atoms with E-state index in [1.54, 1.807) is 4.90 Å². The molecule has 1 rings (SSSR count). The van der Waals surface area contributed by atoms with Gasteiger partial charge in [-0.05, 0) is 26.2 Å². The van der Waals surface area contributed by atoms with E-state index in [9.17, 15) is 4.79 Å². The molecule has 12 heavy (non-hydrogen) atoms. The smallest absolute Gasteiger partial charge is 0.354 e. The van der Waals surface area contributed by atoms with Gasteiger partial charge in [-0.3, -0.25) is 0 Å². The summed E-state index contributed by atoms with van der Waals surface area (Å²) >= 11 is 0. The number of hydrogen-bond donors (Lipinski definition) is 1. The van der Waals surface area contributed by atoms with Gasteiger partial charge in [-0.1, -0.05) is 0 Å². The molecule has 0 saturated carbocycles. The van der Waals surface area contributed by atoms with Crippen LogP contribution in [-0.2, 0) is 4.84 Å². The average Bonchev–Trinajstić information content (AvgIpc) is 2.15. The number of likely N-dealkylation sites (tertiary alicyclic amines) is 1. The number of piperidine rings is 1. The van der Waals surface area contributed by atoms with Crippen LogP contribution in [0, 0.1) is 0 Å². The topological polar surface area (TPSA) is 41.6 Å². The Kier molecular flexibility index (Phi) is 3.87. The highest BCUT2D eigenvalue weighted by Crippen LogP contribution is 2.08. The van der Waals surface area contributed by atoms with E-state index >= 15 is 0 Å². The summed E-state index contributed by atoms with van der Waals surface area (Å²) in [6.45, 7) is 4.22. The van der Waals surface area contributed by atoms with Gasteiger partial charge in [-0.2, -0.15) is 5.48 Å².